The number of hydrogen-bond donors (Lipinski definition) is 2. The Hall–Kier alpha value is -1.73. The highest BCUT2D eigenvalue weighted by Crippen LogP contribution is 2.14. The fourth-order valence-corrected chi connectivity index (χ4v) is 2.28. The van der Waals surface area contributed by atoms with Crippen LogP contribution in [0.5, 0.6) is 0 Å². The van der Waals surface area contributed by atoms with E-state index in [-0.39, 0.29) is 5.84 Å². The van der Waals surface area contributed by atoms with E-state index >= 15 is 0 Å². The zero-order chi connectivity index (χ0) is 14.5. The molecule has 0 atom stereocenters. The van der Waals surface area contributed by atoms with Crippen molar-refractivity contribution in [2.75, 3.05) is 32.7 Å². The first kappa shape index (κ1) is 14.7. The van der Waals surface area contributed by atoms with Crippen LogP contribution in [0.25, 0.3) is 0 Å². The SMILES string of the molecule is NC(CN1CCN(Cc2cccc(F)c2F)CC1)=NO. The summed E-state index contributed by atoms with van der Waals surface area (Å²) in [6.07, 6.45) is 0. The quantitative estimate of drug-likeness (QED) is 0.372. The molecule has 20 heavy (non-hydrogen) atoms. The summed E-state index contributed by atoms with van der Waals surface area (Å²) in [6.45, 7) is 3.75. The summed E-state index contributed by atoms with van der Waals surface area (Å²) in [7, 11) is 0. The molecule has 1 aliphatic heterocycles. The van der Waals surface area contributed by atoms with Crippen molar-refractivity contribution in [3.8, 4) is 0 Å². The molecule has 1 heterocycles. The number of amidine groups is 1. The van der Waals surface area contributed by atoms with E-state index in [1.54, 1.807) is 6.07 Å². The van der Waals surface area contributed by atoms with Crippen LogP contribution in [-0.2, 0) is 6.54 Å². The molecule has 1 aliphatic rings. The Bertz CT molecular complexity index is 487. The molecule has 0 saturated carbocycles. The summed E-state index contributed by atoms with van der Waals surface area (Å²) in [5.41, 5.74) is 5.82. The summed E-state index contributed by atoms with van der Waals surface area (Å²) < 4.78 is 26.7. The van der Waals surface area contributed by atoms with Gasteiger partial charge in [-0.15, -0.1) is 0 Å². The van der Waals surface area contributed by atoms with Gasteiger partial charge in [-0.2, -0.15) is 0 Å². The number of oxime groups is 1. The zero-order valence-corrected chi connectivity index (χ0v) is 11.1. The highest BCUT2D eigenvalue weighted by atomic mass is 19.2. The monoisotopic (exact) mass is 284 g/mol. The van der Waals surface area contributed by atoms with Gasteiger partial charge in [0, 0.05) is 38.3 Å². The summed E-state index contributed by atoms with van der Waals surface area (Å²) in [5.74, 6) is -1.41. The van der Waals surface area contributed by atoms with Gasteiger partial charge in [0.15, 0.2) is 17.5 Å². The van der Waals surface area contributed by atoms with Gasteiger partial charge in [0.2, 0.25) is 0 Å². The molecule has 1 aromatic rings. The minimum absolute atomic E-state index is 0.176. The van der Waals surface area contributed by atoms with Crippen molar-refractivity contribution in [1.29, 1.82) is 0 Å². The molecule has 3 N–H and O–H groups in total. The van der Waals surface area contributed by atoms with Crippen molar-refractivity contribution < 1.29 is 14.0 Å². The third kappa shape index (κ3) is 3.64. The Balaban J connectivity index is 1.87. The molecular formula is C13H18F2N4O. The van der Waals surface area contributed by atoms with Crippen LogP contribution in [0.2, 0.25) is 0 Å². The first-order valence-corrected chi connectivity index (χ1v) is 6.44. The van der Waals surface area contributed by atoms with Crippen molar-refractivity contribution >= 4 is 5.84 Å². The smallest absolute Gasteiger partial charge is 0.163 e. The van der Waals surface area contributed by atoms with Gasteiger partial charge in [0.1, 0.15) is 0 Å². The minimum Gasteiger partial charge on any atom is -0.409 e. The predicted octanol–water partition coefficient (Wildman–Crippen LogP) is 0.829. The maximum Gasteiger partial charge on any atom is 0.163 e. The summed E-state index contributed by atoms with van der Waals surface area (Å²) in [4.78, 5) is 4.11. The lowest BCUT2D eigenvalue weighted by Gasteiger charge is -2.34. The molecule has 0 bridgehead atoms. The zero-order valence-electron chi connectivity index (χ0n) is 11.1. The molecule has 0 spiro atoms. The minimum atomic E-state index is -0.812. The van der Waals surface area contributed by atoms with Gasteiger partial charge in [-0.25, -0.2) is 8.78 Å². The number of piperazine rings is 1. The van der Waals surface area contributed by atoms with Gasteiger partial charge >= 0.3 is 0 Å². The first-order chi connectivity index (χ1) is 9.60. The Morgan fingerprint density at radius 3 is 2.50 bits per heavy atom. The maximum atomic E-state index is 13.6. The molecule has 0 unspecified atom stereocenters. The van der Waals surface area contributed by atoms with E-state index in [9.17, 15) is 8.78 Å². The van der Waals surface area contributed by atoms with Crippen LogP contribution < -0.4 is 5.73 Å². The molecule has 5 nitrogen and oxygen atoms in total. The lowest BCUT2D eigenvalue weighted by molar-refractivity contribution is 0.137. The second-order valence-electron chi connectivity index (χ2n) is 4.86. The fraction of sp³-hybridized carbons (Fsp3) is 0.462. The van der Waals surface area contributed by atoms with E-state index in [0.717, 1.165) is 32.2 Å². The Labute approximate surface area is 116 Å². The van der Waals surface area contributed by atoms with E-state index in [4.69, 9.17) is 10.9 Å². The van der Waals surface area contributed by atoms with Crippen LogP contribution in [0, 0.1) is 11.6 Å². The van der Waals surface area contributed by atoms with Crippen molar-refractivity contribution in [2.24, 2.45) is 10.9 Å². The second-order valence-corrected chi connectivity index (χ2v) is 4.86. The molecular weight excluding hydrogens is 266 g/mol. The fourth-order valence-electron chi connectivity index (χ4n) is 2.28. The summed E-state index contributed by atoms with van der Waals surface area (Å²) in [6, 6.07) is 4.23. The molecule has 0 aliphatic carbocycles. The maximum absolute atomic E-state index is 13.6. The lowest BCUT2D eigenvalue weighted by atomic mass is 10.1. The average molecular weight is 284 g/mol. The summed E-state index contributed by atoms with van der Waals surface area (Å²) in [5, 5.41) is 11.5. The Morgan fingerprint density at radius 2 is 1.85 bits per heavy atom. The van der Waals surface area contributed by atoms with Crippen LogP contribution >= 0.6 is 0 Å². The molecule has 1 saturated heterocycles. The molecule has 1 fully saturated rings. The van der Waals surface area contributed by atoms with E-state index in [2.05, 4.69) is 10.1 Å². The first-order valence-electron chi connectivity index (χ1n) is 6.44. The van der Waals surface area contributed by atoms with E-state index < -0.39 is 11.6 Å². The summed E-state index contributed by atoms with van der Waals surface area (Å²) >= 11 is 0. The van der Waals surface area contributed by atoms with Crippen LogP contribution in [0.4, 0.5) is 8.78 Å². The van der Waals surface area contributed by atoms with Crippen LogP contribution in [-0.4, -0.2) is 53.6 Å². The predicted molar refractivity (Wildman–Crippen MR) is 71.5 cm³/mol. The number of nitrogens with two attached hydrogens (primary N) is 1. The topological polar surface area (TPSA) is 65.1 Å². The van der Waals surface area contributed by atoms with Gasteiger partial charge in [0.25, 0.3) is 0 Å². The van der Waals surface area contributed by atoms with Crippen molar-refractivity contribution in [2.45, 2.75) is 6.54 Å². The van der Waals surface area contributed by atoms with Crippen molar-refractivity contribution in [3.05, 3.63) is 35.4 Å². The Morgan fingerprint density at radius 1 is 1.20 bits per heavy atom. The molecule has 2 rings (SSSR count). The largest absolute Gasteiger partial charge is 0.409 e. The van der Waals surface area contributed by atoms with E-state index in [1.165, 1.54) is 6.07 Å². The molecule has 0 radical (unpaired) electrons. The molecule has 110 valence electrons. The van der Waals surface area contributed by atoms with E-state index in [1.807, 2.05) is 4.90 Å². The highest BCUT2D eigenvalue weighted by Gasteiger charge is 2.19. The van der Waals surface area contributed by atoms with Crippen molar-refractivity contribution in [1.82, 2.24) is 9.80 Å². The highest BCUT2D eigenvalue weighted by molar-refractivity contribution is 5.81. The number of nitrogens with zero attached hydrogens (tertiary/aromatic N) is 3. The van der Waals surface area contributed by atoms with E-state index in [0.29, 0.717) is 18.7 Å². The van der Waals surface area contributed by atoms with Gasteiger partial charge in [-0.05, 0) is 6.07 Å². The number of halogens is 2. The normalized spacial score (nSPS) is 18.4. The number of hydrogen-bond acceptors (Lipinski definition) is 4. The van der Waals surface area contributed by atoms with Crippen molar-refractivity contribution in [3.63, 3.8) is 0 Å². The van der Waals surface area contributed by atoms with Gasteiger partial charge in [-0.3, -0.25) is 9.80 Å². The average Bonchev–Trinajstić information content (AvgIpc) is 2.46. The van der Waals surface area contributed by atoms with Crippen LogP contribution in [0.15, 0.2) is 23.4 Å². The number of rotatable bonds is 4. The molecule has 7 heteroatoms. The third-order valence-electron chi connectivity index (χ3n) is 3.40. The molecule has 1 aromatic carbocycles. The van der Waals surface area contributed by atoms with Crippen LogP contribution in [0.1, 0.15) is 5.56 Å². The molecule has 0 aromatic heterocycles. The van der Waals surface area contributed by atoms with Crippen LogP contribution in [0.3, 0.4) is 0 Å². The second kappa shape index (κ2) is 6.62. The van der Waals surface area contributed by atoms with Gasteiger partial charge < -0.3 is 10.9 Å². The lowest BCUT2D eigenvalue weighted by Crippen LogP contribution is -2.48. The standard InChI is InChI=1S/C13H18F2N4O/c14-11-3-1-2-10(13(11)15)8-18-4-6-19(7-5-18)9-12(16)17-20/h1-3,20H,4-9H2,(H2,16,17). The van der Waals surface area contributed by atoms with Gasteiger partial charge in [-0.1, -0.05) is 17.3 Å². The Kier molecular flexibility index (Phi) is 4.86. The molecule has 0 amide bonds. The third-order valence-corrected chi connectivity index (χ3v) is 3.40. The van der Waals surface area contributed by atoms with Gasteiger partial charge in [0.05, 0.1) is 6.54 Å². The number of benzene rings is 1.